The van der Waals surface area contributed by atoms with E-state index in [1.54, 1.807) is 6.07 Å². The fourth-order valence-electron chi connectivity index (χ4n) is 3.60. The van der Waals surface area contributed by atoms with Gasteiger partial charge in [-0.15, -0.1) is 11.8 Å². The maximum Gasteiger partial charge on any atom is 0.416 e. The van der Waals surface area contributed by atoms with Crippen molar-refractivity contribution in [3.05, 3.63) is 77.0 Å². The number of aliphatic carboxylic acids is 1. The van der Waals surface area contributed by atoms with Crippen molar-refractivity contribution >= 4 is 17.7 Å². The van der Waals surface area contributed by atoms with E-state index in [2.05, 4.69) is 11.9 Å². The average Bonchev–Trinajstić information content (AvgIpc) is 2.77. The van der Waals surface area contributed by atoms with Gasteiger partial charge in [-0.3, -0.25) is 9.78 Å². The van der Waals surface area contributed by atoms with Crippen LogP contribution < -0.4 is 4.74 Å². The maximum absolute atomic E-state index is 12.8. The lowest BCUT2D eigenvalue weighted by atomic mass is 10.0. The lowest BCUT2D eigenvalue weighted by molar-refractivity contribution is -0.137. The predicted molar refractivity (Wildman–Crippen MR) is 127 cm³/mol. The Labute approximate surface area is 201 Å². The molecule has 1 atom stereocenters. The van der Waals surface area contributed by atoms with E-state index in [4.69, 9.17) is 9.84 Å². The van der Waals surface area contributed by atoms with Gasteiger partial charge in [0.2, 0.25) is 0 Å². The number of pyridine rings is 1. The summed E-state index contributed by atoms with van der Waals surface area (Å²) in [6, 6.07) is 14.3. The number of ether oxygens (including phenoxy) is 1. The van der Waals surface area contributed by atoms with E-state index >= 15 is 0 Å². The third kappa shape index (κ3) is 6.53. The first-order chi connectivity index (χ1) is 16.1. The van der Waals surface area contributed by atoms with Crippen LogP contribution in [-0.2, 0) is 11.0 Å². The smallest absolute Gasteiger partial charge is 0.416 e. The van der Waals surface area contributed by atoms with Gasteiger partial charge in [-0.1, -0.05) is 31.5 Å². The zero-order valence-corrected chi connectivity index (χ0v) is 20.0. The molecule has 0 radical (unpaired) electrons. The summed E-state index contributed by atoms with van der Waals surface area (Å²) in [5.41, 5.74) is 3.12. The number of thioether (sulfide) groups is 1. The van der Waals surface area contributed by atoms with Crippen molar-refractivity contribution in [2.75, 3.05) is 5.75 Å². The Morgan fingerprint density at radius 1 is 1.09 bits per heavy atom. The fraction of sp³-hybridized carbons (Fsp3) is 0.308. The zero-order chi connectivity index (χ0) is 24.9. The minimum atomic E-state index is -4.37. The van der Waals surface area contributed by atoms with Crippen LogP contribution in [0.4, 0.5) is 13.2 Å². The van der Waals surface area contributed by atoms with E-state index < -0.39 is 17.7 Å². The van der Waals surface area contributed by atoms with Crippen LogP contribution >= 0.6 is 11.8 Å². The second kappa shape index (κ2) is 11.0. The number of aromatic nitrogens is 1. The number of benzene rings is 2. The van der Waals surface area contributed by atoms with Crippen LogP contribution in [0.15, 0.2) is 59.5 Å². The number of alkyl halides is 3. The second-order valence-corrected chi connectivity index (χ2v) is 8.97. The highest BCUT2D eigenvalue weighted by Crippen LogP contribution is 2.33. The van der Waals surface area contributed by atoms with Crippen molar-refractivity contribution < 1.29 is 27.8 Å². The highest BCUT2D eigenvalue weighted by atomic mass is 32.2. The monoisotopic (exact) mass is 489 g/mol. The minimum absolute atomic E-state index is 0.00432. The summed E-state index contributed by atoms with van der Waals surface area (Å²) in [6.07, 6.45) is -2.97. The lowest BCUT2D eigenvalue weighted by Gasteiger charge is -2.21. The van der Waals surface area contributed by atoms with Crippen LogP contribution in [0.3, 0.4) is 0 Å². The van der Waals surface area contributed by atoms with Gasteiger partial charge in [0, 0.05) is 21.7 Å². The van der Waals surface area contributed by atoms with Crippen LogP contribution in [0.25, 0.3) is 11.3 Å². The van der Waals surface area contributed by atoms with Crippen LogP contribution in [0.1, 0.15) is 48.3 Å². The van der Waals surface area contributed by atoms with Gasteiger partial charge < -0.3 is 9.84 Å². The van der Waals surface area contributed by atoms with E-state index in [1.165, 1.54) is 23.9 Å². The van der Waals surface area contributed by atoms with E-state index in [1.807, 2.05) is 38.1 Å². The van der Waals surface area contributed by atoms with Gasteiger partial charge in [0.25, 0.3) is 0 Å². The fourth-order valence-corrected chi connectivity index (χ4v) is 4.33. The molecule has 0 aliphatic carbocycles. The van der Waals surface area contributed by atoms with Crippen LogP contribution in [-0.4, -0.2) is 21.8 Å². The third-order valence-electron chi connectivity index (χ3n) is 5.31. The summed E-state index contributed by atoms with van der Waals surface area (Å²) < 4.78 is 44.8. The van der Waals surface area contributed by atoms with Crippen molar-refractivity contribution in [3.63, 3.8) is 0 Å². The number of carboxylic acids is 1. The van der Waals surface area contributed by atoms with Gasteiger partial charge in [-0.2, -0.15) is 13.2 Å². The Balaban J connectivity index is 1.81. The molecule has 3 aromatic rings. The molecule has 34 heavy (non-hydrogen) atoms. The van der Waals surface area contributed by atoms with Gasteiger partial charge in [0.1, 0.15) is 11.9 Å². The van der Waals surface area contributed by atoms with Crippen molar-refractivity contribution in [2.45, 2.75) is 50.8 Å². The number of nitrogens with zero attached hydrogens (tertiary/aromatic N) is 1. The molecule has 1 unspecified atom stereocenters. The molecule has 8 heteroatoms. The number of carbonyl (C=O) groups is 1. The molecule has 2 aromatic carbocycles. The molecule has 0 fully saturated rings. The topological polar surface area (TPSA) is 59.4 Å². The highest BCUT2D eigenvalue weighted by molar-refractivity contribution is 8.00. The summed E-state index contributed by atoms with van der Waals surface area (Å²) in [5, 5.41) is 8.89. The van der Waals surface area contributed by atoms with Gasteiger partial charge in [0.15, 0.2) is 0 Å². The predicted octanol–water partition coefficient (Wildman–Crippen LogP) is 7.48. The number of hydrogen-bond donors (Lipinski definition) is 1. The number of hydrogen-bond acceptors (Lipinski definition) is 4. The molecule has 0 aliphatic rings. The summed E-state index contributed by atoms with van der Waals surface area (Å²) in [5.74, 6) is -0.187. The van der Waals surface area contributed by atoms with Crippen molar-refractivity contribution in [1.29, 1.82) is 0 Å². The molecular weight excluding hydrogens is 463 g/mol. The third-order valence-corrected chi connectivity index (χ3v) is 6.47. The van der Waals surface area contributed by atoms with E-state index in [-0.39, 0.29) is 11.9 Å². The lowest BCUT2D eigenvalue weighted by Crippen LogP contribution is -2.10. The first-order valence-corrected chi connectivity index (χ1v) is 11.8. The summed E-state index contributed by atoms with van der Waals surface area (Å²) >= 11 is 1.27. The molecular formula is C26H26F3NO3S. The molecule has 0 saturated heterocycles. The summed E-state index contributed by atoms with van der Waals surface area (Å²) in [6.45, 7) is 5.84. The minimum Gasteiger partial charge on any atom is -0.486 e. The first-order valence-electron chi connectivity index (χ1n) is 10.9. The van der Waals surface area contributed by atoms with Gasteiger partial charge >= 0.3 is 12.1 Å². The normalized spacial score (nSPS) is 12.4. The SMILES string of the molecule is CCCC(Oc1ccc(SCC(=O)O)c(C)c1)c1ccc(-c2ccc(C(F)(F)F)cc2)nc1C. The quantitative estimate of drug-likeness (QED) is 0.316. The molecule has 3 rings (SSSR count). The van der Waals surface area contributed by atoms with Crippen LogP contribution in [0.2, 0.25) is 0 Å². The molecule has 0 saturated carbocycles. The first kappa shape index (κ1) is 25.6. The van der Waals surface area contributed by atoms with Crippen molar-refractivity contribution in [1.82, 2.24) is 4.98 Å². The summed E-state index contributed by atoms with van der Waals surface area (Å²) in [4.78, 5) is 16.4. The number of carboxylic acid groups (broad SMARTS) is 1. The molecule has 180 valence electrons. The van der Waals surface area contributed by atoms with Gasteiger partial charge in [0.05, 0.1) is 17.0 Å². The molecule has 1 heterocycles. The number of halogens is 3. The molecule has 1 aromatic heterocycles. The molecule has 1 N–H and O–H groups in total. The Morgan fingerprint density at radius 2 is 1.79 bits per heavy atom. The molecule has 0 spiro atoms. The standard InChI is InChI=1S/C26H26F3NO3S/c1-4-5-23(33-20-10-13-24(16(2)14-20)34-15-25(31)32)21-11-12-22(30-17(21)3)18-6-8-19(9-7-18)26(27,28)29/h6-14,23H,4-5,15H2,1-3H3,(H,31,32). The van der Waals surface area contributed by atoms with E-state index in [0.717, 1.165) is 46.7 Å². The van der Waals surface area contributed by atoms with E-state index in [9.17, 15) is 18.0 Å². The van der Waals surface area contributed by atoms with Gasteiger partial charge in [-0.25, -0.2) is 0 Å². The Morgan fingerprint density at radius 3 is 2.35 bits per heavy atom. The van der Waals surface area contributed by atoms with Crippen LogP contribution in [0.5, 0.6) is 5.75 Å². The molecule has 0 aliphatic heterocycles. The summed E-state index contributed by atoms with van der Waals surface area (Å²) in [7, 11) is 0. The zero-order valence-electron chi connectivity index (χ0n) is 19.1. The van der Waals surface area contributed by atoms with Crippen molar-refractivity contribution in [3.8, 4) is 17.0 Å². The second-order valence-electron chi connectivity index (χ2n) is 7.95. The number of rotatable bonds is 9. The average molecular weight is 490 g/mol. The number of aryl methyl sites for hydroxylation is 2. The Kier molecular flexibility index (Phi) is 8.25. The largest absolute Gasteiger partial charge is 0.486 e. The van der Waals surface area contributed by atoms with Gasteiger partial charge in [-0.05, 0) is 62.2 Å². The molecule has 0 amide bonds. The highest BCUT2D eigenvalue weighted by Gasteiger charge is 2.30. The molecule has 0 bridgehead atoms. The van der Waals surface area contributed by atoms with E-state index in [0.29, 0.717) is 17.0 Å². The molecule has 4 nitrogen and oxygen atoms in total. The Hall–Kier alpha value is -3.00. The Bertz CT molecular complexity index is 1150. The van der Waals surface area contributed by atoms with Crippen molar-refractivity contribution in [2.24, 2.45) is 0 Å². The van der Waals surface area contributed by atoms with Crippen LogP contribution in [0, 0.1) is 13.8 Å². The maximum atomic E-state index is 12.8.